The van der Waals surface area contributed by atoms with Crippen LogP contribution in [0.25, 0.3) is 0 Å². The van der Waals surface area contributed by atoms with Crippen molar-refractivity contribution in [2.75, 3.05) is 5.32 Å². The Kier molecular flexibility index (Phi) is 7.71. The molecule has 0 aliphatic heterocycles. The van der Waals surface area contributed by atoms with Gasteiger partial charge in [-0.25, -0.2) is 4.79 Å². The number of hydrogen-bond donors (Lipinski definition) is 3. The minimum absolute atomic E-state index is 0.0791. The number of carboxylic acid groups (broad SMARTS) is 1. The van der Waals surface area contributed by atoms with Crippen molar-refractivity contribution in [1.82, 2.24) is 5.32 Å². The minimum Gasteiger partial charge on any atom is -0.480 e. The second-order valence-electron chi connectivity index (χ2n) is 6.13. The number of carboxylic acids is 1. The van der Waals surface area contributed by atoms with Crippen LogP contribution in [-0.4, -0.2) is 34.7 Å². The van der Waals surface area contributed by atoms with Crippen molar-refractivity contribution < 1.29 is 24.3 Å². The third-order valence-corrected chi connectivity index (χ3v) is 4.03. The summed E-state index contributed by atoms with van der Waals surface area (Å²) >= 11 is 0. The molecule has 2 amide bonds. The lowest BCUT2D eigenvalue weighted by Crippen LogP contribution is -2.45. The molecule has 0 aliphatic rings. The van der Waals surface area contributed by atoms with Gasteiger partial charge in [-0.1, -0.05) is 20.3 Å². The lowest BCUT2D eigenvalue weighted by Gasteiger charge is -2.20. The summed E-state index contributed by atoms with van der Waals surface area (Å²) in [6.07, 6.45) is 1.69. The molecule has 26 heavy (non-hydrogen) atoms. The summed E-state index contributed by atoms with van der Waals surface area (Å²) < 4.78 is 0. The molecule has 1 rings (SSSR count). The maximum atomic E-state index is 12.1. The van der Waals surface area contributed by atoms with E-state index in [1.54, 1.807) is 31.2 Å². The van der Waals surface area contributed by atoms with Crippen molar-refractivity contribution in [2.45, 2.75) is 40.2 Å². The summed E-state index contributed by atoms with van der Waals surface area (Å²) in [6.45, 7) is 6.45. The maximum Gasteiger partial charge on any atom is 0.326 e. The van der Waals surface area contributed by atoms with Crippen LogP contribution in [0, 0.1) is 5.92 Å². The van der Waals surface area contributed by atoms with Crippen molar-refractivity contribution >= 4 is 29.3 Å². The Hall–Kier alpha value is -2.96. The third kappa shape index (κ3) is 6.16. The summed E-state index contributed by atoms with van der Waals surface area (Å²) in [6, 6.07) is 5.33. The van der Waals surface area contributed by atoms with Crippen LogP contribution in [0.4, 0.5) is 5.69 Å². The molecule has 3 N–H and O–H groups in total. The molecule has 0 fully saturated rings. The van der Waals surface area contributed by atoms with E-state index in [0.717, 1.165) is 6.08 Å². The van der Waals surface area contributed by atoms with Gasteiger partial charge in [0.25, 0.3) is 0 Å². The summed E-state index contributed by atoms with van der Waals surface area (Å²) in [4.78, 5) is 46.6. The Balaban J connectivity index is 2.75. The van der Waals surface area contributed by atoms with Crippen molar-refractivity contribution in [1.29, 1.82) is 0 Å². The van der Waals surface area contributed by atoms with Gasteiger partial charge in [-0.3, -0.25) is 14.4 Å². The van der Waals surface area contributed by atoms with Crippen molar-refractivity contribution in [3.05, 3.63) is 41.5 Å². The summed E-state index contributed by atoms with van der Waals surface area (Å²) in [5, 5.41) is 14.2. The number of aliphatic carboxylic acids is 1. The van der Waals surface area contributed by atoms with Crippen molar-refractivity contribution in [2.24, 2.45) is 5.92 Å². The Labute approximate surface area is 152 Å². The fourth-order valence-corrected chi connectivity index (χ4v) is 2.17. The number of carbonyl (C=O) groups excluding carboxylic acids is 3. The molecule has 0 aliphatic carbocycles. The van der Waals surface area contributed by atoms with E-state index in [1.807, 2.05) is 6.92 Å². The highest BCUT2D eigenvalue weighted by Crippen LogP contribution is 2.11. The fraction of sp³-hybridized carbons (Fsp3) is 0.368. The molecule has 0 radical (unpaired) electrons. The second-order valence-corrected chi connectivity index (χ2v) is 6.13. The molecule has 0 saturated heterocycles. The van der Waals surface area contributed by atoms with Crippen LogP contribution in [0.2, 0.25) is 0 Å². The number of benzene rings is 1. The van der Waals surface area contributed by atoms with Gasteiger partial charge in [-0.05, 0) is 44.0 Å². The standard InChI is InChI=1S/C19H24N2O5/c1-5-11(2)17(19(25)26)21-18(24)12(3)10-16(23)20-15-8-6-14(7-9-15)13(4)22/h6-11,17H,5H2,1-4H3,(H,20,23)(H,21,24)(H,25,26)/b12-10-. The van der Waals surface area contributed by atoms with Gasteiger partial charge in [0.05, 0.1) is 0 Å². The van der Waals surface area contributed by atoms with E-state index in [2.05, 4.69) is 10.6 Å². The average molecular weight is 360 g/mol. The van der Waals surface area contributed by atoms with Gasteiger partial charge < -0.3 is 15.7 Å². The number of ketones is 1. The predicted octanol–water partition coefficient (Wildman–Crippen LogP) is 2.39. The highest BCUT2D eigenvalue weighted by molar-refractivity contribution is 6.06. The molecular weight excluding hydrogens is 336 g/mol. The Morgan fingerprint density at radius 3 is 2.15 bits per heavy atom. The molecule has 7 heteroatoms. The van der Waals surface area contributed by atoms with E-state index in [9.17, 15) is 24.3 Å². The van der Waals surface area contributed by atoms with E-state index in [1.165, 1.54) is 13.8 Å². The first-order chi connectivity index (χ1) is 12.1. The molecular formula is C19H24N2O5. The fourth-order valence-electron chi connectivity index (χ4n) is 2.17. The Morgan fingerprint density at radius 2 is 1.69 bits per heavy atom. The molecule has 2 unspecified atom stereocenters. The first-order valence-electron chi connectivity index (χ1n) is 8.29. The normalized spacial score (nSPS) is 13.5. The number of nitrogens with one attached hydrogen (secondary N) is 2. The van der Waals surface area contributed by atoms with Gasteiger partial charge in [-0.2, -0.15) is 0 Å². The van der Waals surface area contributed by atoms with Crippen LogP contribution < -0.4 is 10.6 Å². The van der Waals surface area contributed by atoms with Crippen LogP contribution in [0.3, 0.4) is 0 Å². The average Bonchev–Trinajstić information content (AvgIpc) is 2.58. The monoisotopic (exact) mass is 360 g/mol. The van der Waals surface area contributed by atoms with E-state index in [0.29, 0.717) is 17.7 Å². The summed E-state index contributed by atoms with van der Waals surface area (Å²) in [5.41, 5.74) is 1.10. The lowest BCUT2D eigenvalue weighted by molar-refractivity contribution is -0.142. The number of anilines is 1. The minimum atomic E-state index is -1.12. The smallest absolute Gasteiger partial charge is 0.326 e. The number of hydrogen-bond acceptors (Lipinski definition) is 4. The number of amides is 2. The molecule has 0 heterocycles. The molecule has 0 saturated carbocycles. The maximum absolute atomic E-state index is 12.1. The SMILES string of the molecule is CCC(C)C(NC(=O)/C(C)=C\C(=O)Nc1ccc(C(C)=O)cc1)C(=O)O. The molecule has 1 aromatic carbocycles. The first kappa shape index (κ1) is 21.1. The quantitative estimate of drug-likeness (QED) is 0.487. The van der Waals surface area contributed by atoms with Gasteiger partial charge in [-0.15, -0.1) is 0 Å². The lowest BCUT2D eigenvalue weighted by atomic mass is 9.99. The van der Waals surface area contributed by atoms with Crippen LogP contribution in [0.5, 0.6) is 0 Å². The zero-order chi connectivity index (χ0) is 19.9. The zero-order valence-corrected chi connectivity index (χ0v) is 15.3. The molecule has 7 nitrogen and oxygen atoms in total. The zero-order valence-electron chi connectivity index (χ0n) is 15.3. The Morgan fingerprint density at radius 1 is 1.12 bits per heavy atom. The van der Waals surface area contributed by atoms with Crippen LogP contribution in [0.1, 0.15) is 44.5 Å². The number of rotatable bonds is 8. The van der Waals surface area contributed by atoms with Crippen molar-refractivity contribution in [3.8, 4) is 0 Å². The van der Waals surface area contributed by atoms with Gasteiger partial charge in [0, 0.05) is 22.9 Å². The van der Waals surface area contributed by atoms with Crippen LogP contribution in [-0.2, 0) is 14.4 Å². The molecule has 0 aromatic heterocycles. The molecule has 1 aromatic rings. The van der Waals surface area contributed by atoms with E-state index < -0.39 is 23.8 Å². The van der Waals surface area contributed by atoms with E-state index >= 15 is 0 Å². The van der Waals surface area contributed by atoms with Crippen molar-refractivity contribution in [3.63, 3.8) is 0 Å². The van der Waals surface area contributed by atoms with E-state index in [4.69, 9.17) is 0 Å². The Bertz CT molecular complexity index is 722. The van der Waals surface area contributed by atoms with Gasteiger partial charge in [0.1, 0.15) is 6.04 Å². The topological polar surface area (TPSA) is 113 Å². The first-order valence-corrected chi connectivity index (χ1v) is 8.29. The van der Waals surface area contributed by atoms with Gasteiger partial charge in [0.2, 0.25) is 11.8 Å². The second kappa shape index (κ2) is 9.50. The number of Topliss-reactive ketones (excluding diaryl/α,β-unsaturated/α-hetero) is 1. The number of carbonyl (C=O) groups is 4. The molecule has 2 atom stereocenters. The largest absolute Gasteiger partial charge is 0.480 e. The van der Waals surface area contributed by atoms with Crippen LogP contribution >= 0.6 is 0 Å². The third-order valence-electron chi connectivity index (χ3n) is 4.03. The van der Waals surface area contributed by atoms with Gasteiger partial charge >= 0.3 is 5.97 Å². The van der Waals surface area contributed by atoms with Gasteiger partial charge in [0.15, 0.2) is 5.78 Å². The van der Waals surface area contributed by atoms with E-state index in [-0.39, 0.29) is 17.3 Å². The summed E-state index contributed by atoms with van der Waals surface area (Å²) in [5.74, 6) is -2.57. The highest BCUT2D eigenvalue weighted by atomic mass is 16.4. The predicted molar refractivity (Wildman–Crippen MR) is 97.9 cm³/mol. The summed E-state index contributed by atoms with van der Waals surface area (Å²) in [7, 11) is 0. The molecule has 0 bridgehead atoms. The highest BCUT2D eigenvalue weighted by Gasteiger charge is 2.25. The molecule has 140 valence electrons. The van der Waals surface area contributed by atoms with Crippen LogP contribution in [0.15, 0.2) is 35.9 Å². The molecule has 0 spiro atoms.